The van der Waals surface area contributed by atoms with E-state index in [0.29, 0.717) is 5.56 Å². The molecule has 1 radical (unpaired) electrons. The molecule has 0 atom stereocenters. The van der Waals surface area contributed by atoms with Crippen LogP contribution in [0.2, 0.25) is 0 Å². The smallest absolute Gasteiger partial charge is 0.100 e. The van der Waals surface area contributed by atoms with Crippen LogP contribution >= 0.6 is 15.9 Å². The van der Waals surface area contributed by atoms with Gasteiger partial charge in [0, 0.05) is 4.47 Å². The molecule has 0 spiro atoms. The number of benzene rings is 1. The van der Waals surface area contributed by atoms with E-state index >= 15 is 0 Å². The maximum absolute atomic E-state index is 8.42. The van der Waals surface area contributed by atoms with Gasteiger partial charge in [-0.2, -0.15) is 5.26 Å². The summed E-state index contributed by atoms with van der Waals surface area (Å²) in [6.07, 6.45) is 0. The van der Waals surface area contributed by atoms with Crippen LogP contribution in [0.3, 0.4) is 0 Å². The molecule has 9 heavy (non-hydrogen) atoms. The molecule has 0 aliphatic carbocycles. The number of hydrogen-bond donors (Lipinski definition) is 0. The van der Waals surface area contributed by atoms with Crippen LogP contribution in [-0.2, 0) is 0 Å². The Morgan fingerprint density at radius 3 is 2.89 bits per heavy atom. The molecular weight excluding hydrogens is 178 g/mol. The normalized spacial score (nSPS) is 8.44. The topological polar surface area (TPSA) is 23.8 Å². The van der Waals surface area contributed by atoms with E-state index in [1.54, 1.807) is 18.2 Å². The minimum absolute atomic E-state index is 0.623. The molecule has 0 N–H and O–H groups in total. The van der Waals surface area contributed by atoms with Gasteiger partial charge in [0.05, 0.1) is 5.56 Å². The van der Waals surface area contributed by atoms with Gasteiger partial charge in [0.2, 0.25) is 0 Å². The Balaban J connectivity index is 3.20. The quantitative estimate of drug-likeness (QED) is 0.601. The summed E-state index contributed by atoms with van der Waals surface area (Å²) in [5.41, 5.74) is 0.623. The van der Waals surface area contributed by atoms with Crippen molar-refractivity contribution in [3.05, 3.63) is 34.3 Å². The van der Waals surface area contributed by atoms with Crippen LogP contribution in [0.5, 0.6) is 0 Å². The standard InChI is InChI=1S/C7H3BrN/c8-7-4-2-1-3-6(7)5-9/h2-4H. The Labute approximate surface area is 62.1 Å². The number of nitrogens with zero attached hydrogens (tertiary/aromatic N) is 1. The first-order valence-electron chi connectivity index (χ1n) is 2.40. The van der Waals surface area contributed by atoms with Crippen molar-refractivity contribution in [1.82, 2.24) is 0 Å². The highest BCUT2D eigenvalue weighted by atomic mass is 79.9. The second-order valence-electron chi connectivity index (χ2n) is 1.52. The number of nitriles is 1. The first-order valence-corrected chi connectivity index (χ1v) is 3.19. The zero-order valence-corrected chi connectivity index (χ0v) is 6.14. The highest BCUT2D eigenvalue weighted by molar-refractivity contribution is 9.10. The average Bonchev–Trinajstić information content (AvgIpc) is 1.89. The largest absolute Gasteiger partial charge is 0.192 e. The molecule has 0 heterocycles. The Morgan fingerprint density at radius 2 is 2.44 bits per heavy atom. The van der Waals surface area contributed by atoms with Gasteiger partial charge < -0.3 is 0 Å². The van der Waals surface area contributed by atoms with Crippen LogP contribution in [0, 0.1) is 17.4 Å². The predicted molar refractivity (Wildman–Crippen MR) is 37.7 cm³/mol. The second-order valence-corrected chi connectivity index (χ2v) is 2.37. The van der Waals surface area contributed by atoms with Gasteiger partial charge in [-0.1, -0.05) is 6.07 Å². The van der Waals surface area contributed by atoms with Crippen LogP contribution in [0.15, 0.2) is 22.7 Å². The zero-order valence-electron chi connectivity index (χ0n) is 4.56. The van der Waals surface area contributed by atoms with Crippen molar-refractivity contribution < 1.29 is 0 Å². The summed E-state index contributed by atoms with van der Waals surface area (Å²) in [6, 6.07) is 10.0. The SMILES string of the molecule is N#Cc1c[c]ccc1Br. The van der Waals surface area contributed by atoms with Crippen LogP contribution in [0.4, 0.5) is 0 Å². The molecule has 1 nitrogen and oxygen atoms in total. The maximum atomic E-state index is 8.42. The molecule has 0 saturated carbocycles. The van der Waals surface area contributed by atoms with E-state index in [2.05, 4.69) is 22.0 Å². The lowest BCUT2D eigenvalue weighted by Crippen LogP contribution is -1.72. The molecule has 0 aromatic heterocycles. The van der Waals surface area contributed by atoms with Crippen LogP contribution < -0.4 is 0 Å². The molecule has 1 aromatic carbocycles. The molecule has 43 valence electrons. The molecule has 0 aliphatic rings. The Hall–Kier alpha value is -0.810. The van der Waals surface area contributed by atoms with Crippen molar-refractivity contribution in [1.29, 1.82) is 5.26 Å². The fourth-order valence-electron chi connectivity index (χ4n) is 0.497. The van der Waals surface area contributed by atoms with E-state index < -0.39 is 0 Å². The third kappa shape index (κ3) is 1.30. The monoisotopic (exact) mass is 180 g/mol. The predicted octanol–water partition coefficient (Wildman–Crippen LogP) is 2.12. The Kier molecular flexibility index (Phi) is 1.86. The lowest BCUT2D eigenvalue weighted by molar-refractivity contribution is 1.46. The van der Waals surface area contributed by atoms with Crippen LogP contribution in [0.25, 0.3) is 0 Å². The third-order valence-electron chi connectivity index (χ3n) is 0.931. The van der Waals surface area contributed by atoms with Gasteiger partial charge in [0.25, 0.3) is 0 Å². The molecular formula is C7H3BrN. The van der Waals surface area contributed by atoms with E-state index in [1.807, 2.05) is 6.07 Å². The highest BCUT2D eigenvalue weighted by Gasteiger charge is 1.92. The summed E-state index contributed by atoms with van der Waals surface area (Å²) in [6.45, 7) is 0. The minimum Gasteiger partial charge on any atom is -0.192 e. The van der Waals surface area contributed by atoms with Crippen molar-refractivity contribution in [2.24, 2.45) is 0 Å². The minimum atomic E-state index is 0.623. The van der Waals surface area contributed by atoms with Gasteiger partial charge in [-0.25, -0.2) is 0 Å². The van der Waals surface area contributed by atoms with Gasteiger partial charge >= 0.3 is 0 Å². The summed E-state index contributed by atoms with van der Waals surface area (Å²) in [5, 5.41) is 8.42. The van der Waals surface area contributed by atoms with Crippen LogP contribution in [0.1, 0.15) is 5.56 Å². The van der Waals surface area contributed by atoms with Crippen LogP contribution in [-0.4, -0.2) is 0 Å². The summed E-state index contributed by atoms with van der Waals surface area (Å²) >= 11 is 3.21. The van der Waals surface area contributed by atoms with Gasteiger partial charge in [0.15, 0.2) is 0 Å². The van der Waals surface area contributed by atoms with E-state index in [4.69, 9.17) is 5.26 Å². The molecule has 0 bridgehead atoms. The van der Waals surface area contributed by atoms with E-state index in [-0.39, 0.29) is 0 Å². The molecule has 0 unspecified atom stereocenters. The maximum Gasteiger partial charge on any atom is 0.100 e. The van der Waals surface area contributed by atoms with Crippen molar-refractivity contribution >= 4 is 15.9 Å². The van der Waals surface area contributed by atoms with E-state index in [1.165, 1.54) is 0 Å². The van der Waals surface area contributed by atoms with E-state index in [0.717, 1.165) is 4.47 Å². The zero-order chi connectivity index (χ0) is 6.69. The molecule has 2 heteroatoms. The first kappa shape index (κ1) is 6.31. The summed E-state index contributed by atoms with van der Waals surface area (Å²) < 4.78 is 0.823. The van der Waals surface area contributed by atoms with Crippen molar-refractivity contribution in [2.75, 3.05) is 0 Å². The fourth-order valence-corrected chi connectivity index (χ4v) is 0.832. The Morgan fingerprint density at radius 1 is 1.67 bits per heavy atom. The second kappa shape index (κ2) is 2.65. The molecule has 1 aromatic rings. The first-order chi connectivity index (χ1) is 4.34. The number of halogens is 1. The molecule has 0 aliphatic heterocycles. The van der Waals surface area contributed by atoms with Gasteiger partial charge in [-0.05, 0) is 34.1 Å². The van der Waals surface area contributed by atoms with Crippen molar-refractivity contribution in [3.8, 4) is 6.07 Å². The third-order valence-corrected chi connectivity index (χ3v) is 1.62. The van der Waals surface area contributed by atoms with Gasteiger partial charge in [0.1, 0.15) is 6.07 Å². The van der Waals surface area contributed by atoms with Crippen molar-refractivity contribution in [3.63, 3.8) is 0 Å². The summed E-state index contributed by atoms with van der Waals surface area (Å²) in [7, 11) is 0. The molecule has 0 saturated heterocycles. The highest BCUT2D eigenvalue weighted by Crippen LogP contribution is 2.13. The van der Waals surface area contributed by atoms with Gasteiger partial charge in [-0.3, -0.25) is 0 Å². The Bertz CT molecular complexity index is 249. The number of rotatable bonds is 0. The molecule has 1 rings (SSSR count). The molecule has 0 fully saturated rings. The molecule has 0 amide bonds. The summed E-state index contributed by atoms with van der Waals surface area (Å²) in [4.78, 5) is 0. The van der Waals surface area contributed by atoms with Gasteiger partial charge in [-0.15, -0.1) is 0 Å². The fraction of sp³-hybridized carbons (Fsp3) is 0. The number of hydrogen-bond acceptors (Lipinski definition) is 1. The van der Waals surface area contributed by atoms with Crippen molar-refractivity contribution in [2.45, 2.75) is 0 Å². The summed E-state index contributed by atoms with van der Waals surface area (Å²) in [5.74, 6) is 0. The average molecular weight is 181 g/mol. The lowest BCUT2D eigenvalue weighted by atomic mass is 10.2. The lowest BCUT2D eigenvalue weighted by Gasteiger charge is -1.88. The van der Waals surface area contributed by atoms with E-state index in [9.17, 15) is 0 Å².